The van der Waals surface area contributed by atoms with Crippen LogP contribution in [-0.2, 0) is 14.3 Å². The summed E-state index contributed by atoms with van der Waals surface area (Å²) >= 11 is 0. The van der Waals surface area contributed by atoms with E-state index in [1.54, 1.807) is 28.9 Å². The van der Waals surface area contributed by atoms with Crippen molar-refractivity contribution in [3.05, 3.63) is 46.7 Å². The van der Waals surface area contributed by atoms with Gasteiger partial charge in [-0.25, -0.2) is 9.59 Å². The minimum atomic E-state index is -0.552. The van der Waals surface area contributed by atoms with E-state index in [0.29, 0.717) is 22.8 Å². The van der Waals surface area contributed by atoms with Gasteiger partial charge in [0.15, 0.2) is 0 Å². The number of nitrogens with zero attached hydrogens (tertiary/aromatic N) is 4. The van der Waals surface area contributed by atoms with Crippen molar-refractivity contribution < 1.29 is 19.1 Å². The summed E-state index contributed by atoms with van der Waals surface area (Å²) in [6.07, 6.45) is 5.04. The molecule has 0 unspecified atom stereocenters. The summed E-state index contributed by atoms with van der Waals surface area (Å²) in [6, 6.07) is 6.31. The number of allylic oxidation sites excluding steroid dienone is 1. The van der Waals surface area contributed by atoms with Crippen LogP contribution in [0.3, 0.4) is 0 Å². The smallest absolute Gasteiger partial charge is 0.338 e. The van der Waals surface area contributed by atoms with Gasteiger partial charge in [0, 0.05) is 5.70 Å². The fourth-order valence-electron chi connectivity index (χ4n) is 3.90. The molecule has 2 aromatic rings. The SMILES string of the molecule is COC(=O)c1ccc([C@@H]2C(C(=O)OC3CCCCC3)=C(C)Nc3nnnn32)cc1. The zero-order chi connectivity index (χ0) is 20.4. The maximum absolute atomic E-state index is 13.1. The number of benzene rings is 1. The molecule has 9 nitrogen and oxygen atoms in total. The second-order valence-corrected chi connectivity index (χ2v) is 7.29. The van der Waals surface area contributed by atoms with Crippen LogP contribution in [0.15, 0.2) is 35.5 Å². The van der Waals surface area contributed by atoms with Gasteiger partial charge in [-0.05, 0) is 60.7 Å². The quantitative estimate of drug-likeness (QED) is 0.785. The zero-order valence-electron chi connectivity index (χ0n) is 16.4. The Hall–Kier alpha value is -3.23. The molecule has 0 radical (unpaired) electrons. The second-order valence-electron chi connectivity index (χ2n) is 7.29. The van der Waals surface area contributed by atoms with Gasteiger partial charge in [0.1, 0.15) is 12.1 Å². The summed E-state index contributed by atoms with van der Waals surface area (Å²) in [7, 11) is 1.34. The van der Waals surface area contributed by atoms with Crippen molar-refractivity contribution in [2.45, 2.75) is 51.2 Å². The fourth-order valence-corrected chi connectivity index (χ4v) is 3.90. The van der Waals surface area contributed by atoms with E-state index >= 15 is 0 Å². The van der Waals surface area contributed by atoms with Gasteiger partial charge in [-0.3, -0.25) is 0 Å². The highest BCUT2D eigenvalue weighted by molar-refractivity contribution is 5.93. The second kappa shape index (κ2) is 8.02. The van der Waals surface area contributed by atoms with E-state index in [-0.39, 0.29) is 12.1 Å². The highest BCUT2D eigenvalue weighted by Crippen LogP contribution is 2.35. The van der Waals surface area contributed by atoms with Gasteiger partial charge in [-0.1, -0.05) is 23.7 Å². The molecule has 1 aliphatic heterocycles. The first-order valence-corrected chi connectivity index (χ1v) is 9.73. The van der Waals surface area contributed by atoms with Crippen molar-refractivity contribution in [1.82, 2.24) is 20.2 Å². The first-order chi connectivity index (χ1) is 14.1. The van der Waals surface area contributed by atoms with E-state index in [4.69, 9.17) is 9.47 Å². The van der Waals surface area contributed by atoms with E-state index in [0.717, 1.165) is 31.2 Å². The number of carbonyl (C=O) groups is 2. The van der Waals surface area contributed by atoms with Crippen molar-refractivity contribution in [2.24, 2.45) is 0 Å². The predicted octanol–water partition coefficient (Wildman–Crippen LogP) is 2.62. The predicted molar refractivity (Wildman–Crippen MR) is 103 cm³/mol. The average Bonchev–Trinajstić information content (AvgIpc) is 3.21. The summed E-state index contributed by atoms with van der Waals surface area (Å²) in [5.41, 5.74) is 2.30. The molecule has 2 aliphatic rings. The number of hydrogen-bond donors (Lipinski definition) is 1. The maximum Gasteiger partial charge on any atom is 0.338 e. The molecule has 1 N–H and O–H groups in total. The lowest BCUT2D eigenvalue weighted by atomic mass is 9.94. The number of ether oxygens (including phenoxy) is 2. The Kier molecular flexibility index (Phi) is 5.28. The first-order valence-electron chi connectivity index (χ1n) is 9.73. The molecule has 1 aliphatic carbocycles. The lowest BCUT2D eigenvalue weighted by molar-refractivity contribution is -0.146. The molecule has 4 rings (SSSR count). The van der Waals surface area contributed by atoms with E-state index in [1.807, 2.05) is 6.92 Å². The lowest BCUT2D eigenvalue weighted by Gasteiger charge is -2.29. The van der Waals surface area contributed by atoms with Crippen LogP contribution in [0.1, 0.15) is 61.0 Å². The van der Waals surface area contributed by atoms with Crippen LogP contribution in [0, 0.1) is 0 Å². The molecule has 0 amide bonds. The monoisotopic (exact) mass is 397 g/mol. The highest BCUT2D eigenvalue weighted by Gasteiger charge is 2.36. The first kappa shape index (κ1) is 19.1. The molecule has 9 heteroatoms. The van der Waals surface area contributed by atoms with Gasteiger partial charge in [-0.15, -0.1) is 0 Å². The zero-order valence-corrected chi connectivity index (χ0v) is 16.4. The normalized spacial score (nSPS) is 19.3. The summed E-state index contributed by atoms with van der Waals surface area (Å²) in [6.45, 7) is 1.81. The van der Waals surface area contributed by atoms with Crippen LogP contribution >= 0.6 is 0 Å². The Labute approximate surface area is 168 Å². The van der Waals surface area contributed by atoms with Gasteiger partial charge in [0.05, 0.1) is 18.2 Å². The van der Waals surface area contributed by atoms with E-state index in [9.17, 15) is 9.59 Å². The van der Waals surface area contributed by atoms with Crippen molar-refractivity contribution >= 4 is 17.9 Å². The molecule has 1 atom stereocenters. The van der Waals surface area contributed by atoms with E-state index < -0.39 is 12.0 Å². The van der Waals surface area contributed by atoms with Crippen LogP contribution in [0.2, 0.25) is 0 Å². The Balaban J connectivity index is 1.68. The Bertz CT molecular complexity index is 944. The standard InChI is InChI=1S/C20H23N5O4/c1-12-16(19(27)29-15-6-4-3-5-7-15)17(25-20(21-12)22-23-24-25)13-8-10-14(11-9-13)18(26)28-2/h8-11,15,17H,3-7H2,1-2H3,(H,21,22,24)/t17-/m1/s1. The number of methoxy groups -OCH3 is 1. The summed E-state index contributed by atoms with van der Waals surface area (Å²) in [5, 5.41) is 14.9. The molecule has 2 heterocycles. The minimum absolute atomic E-state index is 0.0610. The molecule has 29 heavy (non-hydrogen) atoms. The van der Waals surface area contributed by atoms with Gasteiger partial charge < -0.3 is 14.8 Å². The topological polar surface area (TPSA) is 108 Å². The van der Waals surface area contributed by atoms with Crippen molar-refractivity contribution in [3.63, 3.8) is 0 Å². The number of fused-ring (bicyclic) bond motifs is 1. The molecule has 152 valence electrons. The molecular weight excluding hydrogens is 374 g/mol. The van der Waals surface area contributed by atoms with Gasteiger partial charge in [0.25, 0.3) is 0 Å². The summed E-state index contributed by atoms with van der Waals surface area (Å²) < 4.78 is 12.1. The van der Waals surface area contributed by atoms with E-state index in [1.165, 1.54) is 13.5 Å². The molecule has 0 bridgehead atoms. The van der Waals surface area contributed by atoms with Crippen LogP contribution in [0.4, 0.5) is 5.95 Å². The number of carbonyl (C=O) groups excluding carboxylic acids is 2. The molecule has 1 fully saturated rings. The van der Waals surface area contributed by atoms with Crippen molar-refractivity contribution in [1.29, 1.82) is 0 Å². The number of hydrogen-bond acceptors (Lipinski definition) is 8. The highest BCUT2D eigenvalue weighted by atomic mass is 16.5. The van der Waals surface area contributed by atoms with Crippen molar-refractivity contribution in [3.8, 4) is 0 Å². The average molecular weight is 397 g/mol. The molecule has 0 saturated heterocycles. The number of aromatic nitrogens is 4. The Morgan fingerprint density at radius 1 is 1.10 bits per heavy atom. The van der Waals surface area contributed by atoms with Crippen LogP contribution < -0.4 is 5.32 Å². The van der Waals surface area contributed by atoms with Crippen LogP contribution in [0.25, 0.3) is 0 Å². The van der Waals surface area contributed by atoms with Gasteiger partial charge >= 0.3 is 11.9 Å². The molecule has 0 spiro atoms. The minimum Gasteiger partial charge on any atom is -0.465 e. The summed E-state index contributed by atoms with van der Waals surface area (Å²) in [4.78, 5) is 24.9. The van der Waals surface area contributed by atoms with E-state index in [2.05, 4.69) is 20.8 Å². The van der Waals surface area contributed by atoms with Gasteiger partial charge in [0.2, 0.25) is 5.95 Å². The van der Waals surface area contributed by atoms with Crippen LogP contribution in [0.5, 0.6) is 0 Å². The van der Waals surface area contributed by atoms with Crippen molar-refractivity contribution in [2.75, 3.05) is 12.4 Å². The fraction of sp³-hybridized carbons (Fsp3) is 0.450. The largest absolute Gasteiger partial charge is 0.465 e. The Morgan fingerprint density at radius 2 is 1.83 bits per heavy atom. The summed E-state index contributed by atoms with van der Waals surface area (Å²) in [5.74, 6) is -0.350. The number of tetrazole rings is 1. The van der Waals surface area contributed by atoms with Gasteiger partial charge in [-0.2, -0.15) is 4.68 Å². The number of esters is 2. The molecule has 1 aromatic heterocycles. The lowest BCUT2D eigenvalue weighted by Crippen LogP contribution is -2.32. The number of rotatable bonds is 4. The molecule has 1 aromatic carbocycles. The van der Waals surface area contributed by atoms with Crippen LogP contribution in [-0.4, -0.2) is 45.4 Å². The third-order valence-electron chi connectivity index (χ3n) is 5.41. The number of anilines is 1. The molecule has 1 saturated carbocycles. The maximum atomic E-state index is 13.1. The molecular formula is C20H23N5O4. The Morgan fingerprint density at radius 3 is 2.52 bits per heavy atom. The third kappa shape index (κ3) is 3.72. The number of nitrogens with one attached hydrogen (secondary N) is 1. The third-order valence-corrected chi connectivity index (χ3v) is 5.41.